The molecule has 0 saturated carbocycles. The smallest absolute Gasteiger partial charge is 0.264 e. The number of anilines is 1. The van der Waals surface area contributed by atoms with Crippen LogP contribution in [0.1, 0.15) is 19.5 Å². The van der Waals surface area contributed by atoms with Crippen LogP contribution in [0.2, 0.25) is 0 Å². The van der Waals surface area contributed by atoms with E-state index in [4.69, 9.17) is 4.74 Å². The van der Waals surface area contributed by atoms with Gasteiger partial charge in [0, 0.05) is 50.4 Å². The molecule has 0 aliphatic carbocycles. The first-order valence-electron chi connectivity index (χ1n) is 10.3. The Bertz CT molecular complexity index is 1330. The molecule has 0 saturated heterocycles. The largest absolute Gasteiger partial charge is 0.455 e. The van der Waals surface area contributed by atoms with Gasteiger partial charge in [-0.2, -0.15) is 5.10 Å². The van der Waals surface area contributed by atoms with Crippen molar-refractivity contribution in [3.8, 4) is 34.0 Å². The summed E-state index contributed by atoms with van der Waals surface area (Å²) in [7, 11) is 3.55. The molecule has 11 heteroatoms. The Kier molecular flexibility index (Phi) is 8.22. The van der Waals surface area contributed by atoms with Crippen LogP contribution in [0.3, 0.4) is 0 Å². The average Bonchev–Trinajstić information content (AvgIpc) is 3.19. The molecular formula is C23H29N7O4. The van der Waals surface area contributed by atoms with Crippen LogP contribution in [-0.4, -0.2) is 46.3 Å². The molecule has 4 aromatic heterocycles. The van der Waals surface area contributed by atoms with Gasteiger partial charge >= 0.3 is 0 Å². The normalized spacial score (nSPS) is 10.4. The van der Waals surface area contributed by atoms with E-state index in [9.17, 15) is 4.79 Å². The summed E-state index contributed by atoms with van der Waals surface area (Å²) in [5.74, 6) is 1.76. The zero-order valence-corrected chi connectivity index (χ0v) is 19.7. The van der Waals surface area contributed by atoms with E-state index in [-0.39, 0.29) is 22.6 Å². The Balaban J connectivity index is 0.00000204. The van der Waals surface area contributed by atoms with Crippen molar-refractivity contribution in [1.82, 2.24) is 29.3 Å². The van der Waals surface area contributed by atoms with Crippen molar-refractivity contribution in [2.75, 3.05) is 5.32 Å². The van der Waals surface area contributed by atoms with Crippen LogP contribution in [0.15, 0.2) is 53.8 Å². The Morgan fingerprint density at radius 1 is 1.03 bits per heavy atom. The third-order valence-electron chi connectivity index (χ3n) is 4.86. The second-order valence-corrected chi connectivity index (χ2v) is 7.82. The van der Waals surface area contributed by atoms with Crippen LogP contribution in [-0.2, 0) is 14.1 Å². The molecule has 180 valence electrons. The molecule has 0 unspecified atom stereocenters. The van der Waals surface area contributed by atoms with E-state index >= 15 is 0 Å². The lowest BCUT2D eigenvalue weighted by molar-refractivity contribution is 0.475. The van der Waals surface area contributed by atoms with E-state index in [1.165, 1.54) is 4.57 Å². The third kappa shape index (κ3) is 5.45. The van der Waals surface area contributed by atoms with Crippen LogP contribution < -0.4 is 15.6 Å². The number of nitrogens with zero attached hydrogens (tertiary/aromatic N) is 6. The molecule has 34 heavy (non-hydrogen) atoms. The number of hydrogen-bond acceptors (Lipinski definition) is 7. The third-order valence-corrected chi connectivity index (χ3v) is 4.86. The molecule has 4 rings (SSSR count). The van der Waals surface area contributed by atoms with Crippen LogP contribution in [0, 0.1) is 6.92 Å². The van der Waals surface area contributed by atoms with Crippen molar-refractivity contribution in [2.24, 2.45) is 14.1 Å². The molecular weight excluding hydrogens is 438 g/mol. The molecule has 0 atom stereocenters. The second-order valence-electron chi connectivity index (χ2n) is 7.82. The fraction of sp³-hybridized carbons (Fsp3) is 0.261. The topological polar surface area (TPSA) is 163 Å². The number of aryl methyl sites for hydroxylation is 2. The van der Waals surface area contributed by atoms with Gasteiger partial charge in [-0.05, 0) is 39.0 Å². The molecule has 0 aliphatic heterocycles. The summed E-state index contributed by atoms with van der Waals surface area (Å²) < 4.78 is 9.26. The van der Waals surface area contributed by atoms with E-state index in [0.29, 0.717) is 34.4 Å². The molecule has 5 N–H and O–H groups in total. The highest BCUT2D eigenvalue weighted by Gasteiger charge is 2.13. The van der Waals surface area contributed by atoms with Gasteiger partial charge in [-0.25, -0.2) is 9.97 Å². The van der Waals surface area contributed by atoms with E-state index in [1.807, 2.05) is 46.1 Å². The SMILES string of the molecule is Cc1nc(-c2cnc(NC(C)C)n(C)c2=O)ccc1Oc1ccnc(-c2cnn(C)c2)c1.O.O. The number of pyridine rings is 2. The summed E-state index contributed by atoms with van der Waals surface area (Å²) >= 11 is 0. The van der Waals surface area contributed by atoms with E-state index in [1.54, 1.807) is 42.5 Å². The Morgan fingerprint density at radius 3 is 2.44 bits per heavy atom. The summed E-state index contributed by atoms with van der Waals surface area (Å²) in [4.78, 5) is 26.2. The van der Waals surface area contributed by atoms with Gasteiger partial charge in [0.25, 0.3) is 5.56 Å². The fourth-order valence-corrected chi connectivity index (χ4v) is 3.23. The molecule has 0 amide bonds. The Morgan fingerprint density at radius 2 is 1.79 bits per heavy atom. The van der Waals surface area contributed by atoms with E-state index < -0.39 is 0 Å². The van der Waals surface area contributed by atoms with Crippen LogP contribution in [0.5, 0.6) is 11.5 Å². The van der Waals surface area contributed by atoms with Crippen molar-refractivity contribution in [3.05, 3.63) is 65.1 Å². The average molecular weight is 468 g/mol. The van der Waals surface area contributed by atoms with Crippen LogP contribution >= 0.6 is 0 Å². The van der Waals surface area contributed by atoms with Gasteiger partial charge in [-0.3, -0.25) is 19.0 Å². The van der Waals surface area contributed by atoms with Crippen LogP contribution in [0.25, 0.3) is 22.5 Å². The van der Waals surface area contributed by atoms with Crippen molar-refractivity contribution >= 4 is 5.95 Å². The van der Waals surface area contributed by atoms with Crippen molar-refractivity contribution in [3.63, 3.8) is 0 Å². The molecule has 0 aliphatic rings. The Labute approximate surface area is 196 Å². The quantitative estimate of drug-likeness (QED) is 0.452. The first-order chi connectivity index (χ1) is 15.3. The minimum atomic E-state index is -0.168. The lowest BCUT2D eigenvalue weighted by atomic mass is 10.2. The first kappa shape index (κ1) is 26.2. The second kappa shape index (κ2) is 10.7. The van der Waals surface area contributed by atoms with Gasteiger partial charge in [0.1, 0.15) is 11.5 Å². The summed E-state index contributed by atoms with van der Waals surface area (Å²) in [5.41, 5.74) is 3.14. The molecule has 11 nitrogen and oxygen atoms in total. The zero-order chi connectivity index (χ0) is 22.8. The molecule has 0 fully saturated rings. The molecule has 4 heterocycles. The molecule has 0 radical (unpaired) electrons. The minimum Gasteiger partial charge on any atom is -0.455 e. The highest BCUT2D eigenvalue weighted by atomic mass is 16.5. The predicted octanol–water partition coefficient (Wildman–Crippen LogP) is 1.91. The predicted molar refractivity (Wildman–Crippen MR) is 130 cm³/mol. The molecule has 0 spiro atoms. The molecule has 4 aromatic rings. The standard InChI is InChI=1S/C23H25N7O2.2H2O/c1-14(2)27-23-25-12-18(22(31)30(23)5)19-6-7-21(15(3)28-19)32-17-8-9-24-20(10-17)16-11-26-29(4)13-16;;/h6-14H,1-5H3,(H,25,27);2*1H2. The van der Waals surface area contributed by atoms with Gasteiger partial charge in [-0.1, -0.05) is 0 Å². The maximum Gasteiger partial charge on any atom is 0.264 e. The highest BCUT2D eigenvalue weighted by Crippen LogP contribution is 2.28. The van der Waals surface area contributed by atoms with Gasteiger partial charge in [0.05, 0.1) is 28.8 Å². The van der Waals surface area contributed by atoms with Crippen molar-refractivity contribution in [2.45, 2.75) is 26.8 Å². The number of hydrogen-bond donors (Lipinski definition) is 1. The monoisotopic (exact) mass is 467 g/mol. The van der Waals surface area contributed by atoms with Crippen molar-refractivity contribution < 1.29 is 15.7 Å². The number of rotatable bonds is 6. The van der Waals surface area contributed by atoms with Crippen LogP contribution in [0.4, 0.5) is 5.95 Å². The zero-order valence-electron chi connectivity index (χ0n) is 19.7. The minimum absolute atomic E-state index is 0. The van der Waals surface area contributed by atoms with Gasteiger partial charge in [-0.15, -0.1) is 0 Å². The number of aromatic nitrogens is 6. The van der Waals surface area contributed by atoms with Gasteiger partial charge in [0.15, 0.2) is 0 Å². The summed E-state index contributed by atoms with van der Waals surface area (Å²) in [6.45, 7) is 5.83. The summed E-state index contributed by atoms with van der Waals surface area (Å²) in [6, 6.07) is 7.38. The first-order valence-corrected chi connectivity index (χ1v) is 10.3. The summed E-state index contributed by atoms with van der Waals surface area (Å²) in [6.07, 6.45) is 6.89. The van der Waals surface area contributed by atoms with Gasteiger partial charge < -0.3 is 21.0 Å². The lowest BCUT2D eigenvalue weighted by Gasteiger charge is -2.14. The molecule has 0 aromatic carbocycles. The lowest BCUT2D eigenvalue weighted by Crippen LogP contribution is -2.25. The maximum atomic E-state index is 12.8. The highest BCUT2D eigenvalue weighted by molar-refractivity contribution is 5.60. The fourth-order valence-electron chi connectivity index (χ4n) is 3.23. The van der Waals surface area contributed by atoms with Crippen molar-refractivity contribution in [1.29, 1.82) is 0 Å². The number of ether oxygens (including phenoxy) is 1. The summed E-state index contributed by atoms with van der Waals surface area (Å²) in [5, 5.41) is 7.34. The van der Waals surface area contributed by atoms with E-state index in [2.05, 4.69) is 25.4 Å². The Hall–Kier alpha value is -4.09. The van der Waals surface area contributed by atoms with E-state index in [0.717, 1.165) is 11.3 Å². The molecule has 0 bridgehead atoms. The maximum absolute atomic E-state index is 12.8. The van der Waals surface area contributed by atoms with Gasteiger partial charge in [0.2, 0.25) is 5.95 Å². The number of nitrogens with one attached hydrogen (secondary N) is 1.